The summed E-state index contributed by atoms with van der Waals surface area (Å²) in [5.74, 6) is -0.885. The number of hydrogen-bond donors (Lipinski definition) is 1. The van der Waals surface area contributed by atoms with E-state index in [-0.39, 0.29) is 41.2 Å². The maximum absolute atomic E-state index is 14.5. The van der Waals surface area contributed by atoms with Crippen molar-refractivity contribution >= 4 is 33.2 Å². The molecular formula is C36H38N4O6S. The van der Waals surface area contributed by atoms with E-state index < -0.39 is 33.4 Å². The van der Waals surface area contributed by atoms with Crippen LogP contribution in [0.5, 0.6) is 0 Å². The fraction of sp³-hybridized carbons (Fsp3) is 0.278. The van der Waals surface area contributed by atoms with Crippen LogP contribution in [0.2, 0.25) is 0 Å². The van der Waals surface area contributed by atoms with Crippen molar-refractivity contribution in [1.82, 2.24) is 10.2 Å². The maximum Gasteiger partial charge on any atom is 0.269 e. The van der Waals surface area contributed by atoms with Gasteiger partial charge in [0.15, 0.2) is 0 Å². The van der Waals surface area contributed by atoms with Gasteiger partial charge in [0.2, 0.25) is 11.8 Å². The SMILES string of the molecule is O=C(NC1CCCCC1)C(Cc1ccccc1)N(Cc1ccccc1)C(=O)CN(c1ccc([N+](=O)[O-])cc1)S(=O)(=O)c1ccccc1. The lowest BCUT2D eigenvalue weighted by Crippen LogP contribution is -2.55. The molecule has 4 aromatic carbocycles. The number of sulfonamides is 1. The van der Waals surface area contributed by atoms with Gasteiger partial charge in [0.1, 0.15) is 12.6 Å². The van der Waals surface area contributed by atoms with E-state index in [1.54, 1.807) is 18.2 Å². The Bertz CT molecular complexity index is 1750. The molecule has 0 heterocycles. The first-order valence-corrected chi connectivity index (χ1v) is 17.2. The summed E-state index contributed by atoms with van der Waals surface area (Å²) >= 11 is 0. The van der Waals surface area contributed by atoms with Crippen molar-refractivity contribution in [3.63, 3.8) is 0 Å². The highest BCUT2D eigenvalue weighted by Gasteiger charge is 2.35. The van der Waals surface area contributed by atoms with E-state index in [0.29, 0.717) is 0 Å². The molecule has 0 spiro atoms. The Labute approximate surface area is 275 Å². The summed E-state index contributed by atoms with van der Waals surface area (Å²) in [6, 6.07) is 30.4. The molecule has 47 heavy (non-hydrogen) atoms. The van der Waals surface area contributed by atoms with Gasteiger partial charge in [-0.2, -0.15) is 0 Å². The van der Waals surface area contributed by atoms with Crippen molar-refractivity contribution in [3.8, 4) is 0 Å². The molecule has 1 aliphatic carbocycles. The Morgan fingerprint density at radius 3 is 1.91 bits per heavy atom. The number of nitro groups is 1. The second-order valence-corrected chi connectivity index (χ2v) is 13.5. The van der Waals surface area contributed by atoms with Gasteiger partial charge in [0, 0.05) is 31.1 Å². The van der Waals surface area contributed by atoms with E-state index in [9.17, 15) is 28.1 Å². The van der Waals surface area contributed by atoms with Crippen LogP contribution >= 0.6 is 0 Å². The molecule has 1 fully saturated rings. The first-order chi connectivity index (χ1) is 22.7. The molecule has 1 aliphatic rings. The van der Waals surface area contributed by atoms with Crippen molar-refractivity contribution in [1.29, 1.82) is 0 Å². The van der Waals surface area contributed by atoms with Gasteiger partial charge in [-0.1, -0.05) is 98.1 Å². The number of hydrogen-bond acceptors (Lipinski definition) is 6. The molecule has 5 rings (SSSR count). The molecule has 11 heteroatoms. The first-order valence-electron chi connectivity index (χ1n) is 15.7. The van der Waals surface area contributed by atoms with Crippen molar-refractivity contribution in [2.75, 3.05) is 10.8 Å². The standard InChI is InChI=1S/C36H38N4O6S/c41-35(27-39(31-21-23-32(24-22-31)40(43)44)47(45,46)33-19-11-4-12-20-33)38(26-29-15-7-2-8-16-29)34(25-28-13-5-1-6-14-28)36(42)37-30-17-9-3-10-18-30/h1-2,4-8,11-16,19-24,30,34H,3,9-10,17-18,25-27H2,(H,37,42). The number of nitro benzene ring substituents is 1. The Balaban J connectivity index is 1.55. The van der Waals surface area contributed by atoms with Crippen LogP contribution in [-0.4, -0.2) is 48.7 Å². The summed E-state index contributed by atoms with van der Waals surface area (Å²) in [5, 5.41) is 14.5. The monoisotopic (exact) mass is 654 g/mol. The molecule has 10 nitrogen and oxygen atoms in total. The molecule has 1 unspecified atom stereocenters. The van der Waals surface area contributed by atoms with Gasteiger partial charge in [-0.05, 0) is 48.2 Å². The van der Waals surface area contributed by atoms with Crippen LogP contribution in [0.25, 0.3) is 0 Å². The highest BCUT2D eigenvalue weighted by atomic mass is 32.2. The Morgan fingerprint density at radius 1 is 0.787 bits per heavy atom. The second kappa shape index (κ2) is 15.5. The third-order valence-electron chi connectivity index (χ3n) is 8.38. The average Bonchev–Trinajstić information content (AvgIpc) is 3.10. The van der Waals surface area contributed by atoms with Crippen LogP contribution in [-0.2, 0) is 32.6 Å². The lowest BCUT2D eigenvalue weighted by molar-refractivity contribution is -0.384. The Kier molecular flexibility index (Phi) is 11.0. The van der Waals surface area contributed by atoms with E-state index in [1.165, 1.54) is 41.3 Å². The minimum atomic E-state index is -4.30. The summed E-state index contributed by atoms with van der Waals surface area (Å²) in [5.41, 5.74) is 1.49. The van der Waals surface area contributed by atoms with Crippen molar-refractivity contribution in [2.45, 2.75) is 62.0 Å². The van der Waals surface area contributed by atoms with Crippen LogP contribution in [0.1, 0.15) is 43.2 Å². The molecule has 0 radical (unpaired) electrons. The number of nitrogens with one attached hydrogen (secondary N) is 1. The number of amides is 2. The largest absolute Gasteiger partial charge is 0.352 e. The fourth-order valence-corrected chi connectivity index (χ4v) is 7.30. The molecule has 0 saturated heterocycles. The fourth-order valence-electron chi connectivity index (χ4n) is 5.87. The van der Waals surface area contributed by atoms with Gasteiger partial charge >= 0.3 is 0 Å². The second-order valence-electron chi connectivity index (χ2n) is 11.7. The van der Waals surface area contributed by atoms with E-state index in [1.807, 2.05) is 60.7 Å². The zero-order valence-corrected chi connectivity index (χ0v) is 26.8. The van der Waals surface area contributed by atoms with Crippen molar-refractivity contribution < 1.29 is 22.9 Å². The van der Waals surface area contributed by atoms with E-state index in [0.717, 1.165) is 47.5 Å². The highest BCUT2D eigenvalue weighted by Crippen LogP contribution is 2.27. The number of carbonyl (C=O) groups is 2. The van der Waals surface area contributed by atoms with Crippen LogP contribution in [0, 0.1) is 10.1 Å². The van der Waals surface area contributed by atoms with Crippen LogP contribution in [0.4, 0.5) is 11.4 Å². The molecule has 244 valence electrons. The molecular weight excluding hydrogens is 616 g/mol. The summed E-state index contributed by atoms with van der Waals surface area (Å²) in [6.07, 6.45) is 5.10. The number of rotatable bonds is 13. The third kappa shape index (κ3) is 8.62. The molecule has 0 aliphatic heterocycles. The van der Waals surface area contributed by atoms with Gasteiger partial charge in [-0.15, -0.1) is 0 Å². The molecule has 2 amide bonds. The predicted octanol–water partition coefficient (Wildman–Crippen LogP) is 5.88. The molecule has 1 atom stereocenters. The predicted molar refractivity (Wildman–Crippen MR) is 180 cm³/mol. The Morgan fingerprint density at radius 2 is 1.34 bits per heavy atom. The number of anilines is 1. The summed E-state index contributed by atoms with van der Waals surface area (Å²) in [6.45, 7) is -0.571. The lowest BCUT2D eigenvalue weighted by Gasteiger charge is -2.35. The smallest absolute Gasteiger partial charge is 0.269 e. The zero-order chi connectivity index (χ0) is 33.2. The van der Waals surface area contributed by atoms with Gasteiger partial charge in [-0.25, -0.2) is 8.42 Å². The van der Waals surface area contributed by atoms with Gasteiger partial charge < -0.3 is 10.2 Å². The number of non-ortho nitro benzene ring substituents is 1. The number of nitrogens with zero attached hydrogens (tertiary/aromatic N) is 3. The molecule has 1 saturated carbocycles. The minimum absolute atomic E-state index is 0.00160. The average molecular weight is 655 g/mol. The highest BCUT2D eigenvalue weighted by molar-refractivity contribution is 7.92. The van der Waals surface area contributed by atoms with Crippen LogP contribution in [0.15, 0.2) is 120 Å². The number of carbonyl (C=O) groups excluding carboxylic acids is 2. The lowest BCUT2D eigenvalue weighted by atomic mass is 9.94. The number of benzene rings is 4. The van der Waals surface area contributed by atoms with Crippen LogP contribution in [0.3, 0.4) is 0 Å². The molecule has 4 aromatic rings. The van der Waals surface area contributed by atoms with Gasteiger partial charge in [0.05, 0.1) is 15.5 Å². The van der Waals surface area contributed by atoms with E-state index >= 15 is 0 Å². The summed E-state index contributed by atoms with van der Waals surface area (Å²) in [4.78, 5) is 40.9. The van der Waals surface area contributed by atoms with Gasteiger partial charge in [-0.3, -0.25) is 24.0 Å². The van der Waals surface area contributed by atoms with Crippen molar-refractivity contribution in [2.24, 2.45) is 0 Å². The first kappa shape index (κ1) is 33.3. The van der Waals surface area contributed by atoms with Crippen LogP contribution < -0.4 is 9.62 Å². The summed E-state index contributed by atoms with van der Waals surface area (Å²) in [7, 11) is -4.30. The molecule has 0 aromatic heterocycles. The maximum atomic E-state index is 14.5. The normalized spacial score (nSPS) is 14.1. The van der Waals surface area contributed by atoms with E-state index in [2.05, 4.69) is 5.32 Å². The topological polar surface area (TPSA) is 130 Å². The van der Waals surface area contributed by atoms with E-state index in [4.69, 9.17) is 0 Å². The quantitative estimate of drug-likeness (QED) is 0.142. The molecule has 0 bridgehead atoms. The molecule has 1 N–H and O–H groups in total. The third-order valence-corrected chi connectivity index (χ3v) is 10.2. The van der Waals surface area contributed by atoms with Gasteiger partial charge in [0.25, 0.3) is 15.7 Å². The zero-order valence-electron chi connectivity index (χ0n) is 26.0. The van der Waals surface area contributed by atoms with Crippen molar-refractivity contribution in [3.05, 3.63) is 137 Å². The Hall–Kier alpha value is -5.03. The summed E-state index contributed by atoms with van der Waals surface area (Å²) < 4.78 is 29.1. The minimum Gasteiger partial charge on any atom is -0.352 e.